The summed E-state index contributed by atoms with van der Waals surface area (Å²) in [4.78, 5) is 0. The first-order chi connectivity index (χ1) is 11.5. The molecule has 0 aliphatic heterocycles. The average Bonchev–Trinajstić information content (AvgIpc) is 2.90. The van der Waals surface area contributed by atoms with E-state index >= 15 is 0 Å². The Balaban J connectivity index is 2.18. The fraction of sp³-hybridized carbons (Fsp3) is 0.368. The van der Waals surface area contributed by atoms with E-state index in [9.17, 15) is 10.2 Å². The van der Waals surface area contributed by atoms with Crippen molar-refractivity contribution in [1.82, 2.24) is 0 Å². The van der Waals surface area contributed by atoms with Gasteiger partial charge in [0.05, 0.1) is 21.3 Å². The van der Waals surface area contributed by atoms with Crippen LogP contribution in [0.15, 0.2) is 24.3 Å². The van der Waals surface area contributed by atoms with E-state index in [4.69, 9.17) is 14.2 Å². The van der Waals surface area contributed by atoms with Crippen molar-refractivity contribution in [2.75, 3.05) is 21.3 Å². The van der Waals surface area contributed by atoms with Gasteiger partial charge in [0.15, 0.2) is 23.0 Å². The van der Waals surface area contributed by atoms with Gasteiger partial charge >= 0.3 is 0 Å². The second-order valence-electron chi connectivity index (χ2n) is 6.12. The lowest BCUT2D eigenvalue weighted by molar-refractivity contribution is 0.336. The molecule has 5 nitrogen and oxygen atoms in total. The predicted octanol–water partition coefficient (Wildman–Crippen LogP) is 3.45. The number of methoxy groups -OCH3 is 3. The Morgan fingerprint density at radius 3 is 2.29 bits per heavy atom. The summed E-state index contributed by atoms with van der Waals surface area (Å²) in [6, 6.07) is 7.23. The summed E-state index contributed by atoms with van der Waals surface area (Å²) in [5.74, 6) is 1.79. The first kappa shape index (κ1) is 16.3. The van der Waals surface area contributed by atoms with E-state index in [1.165, 1.54) is 14.2 Å². The third-order valence-corrected chi connectivity index (χ3v) is 4.75. The van der Waals surface area contributed by atoms with Crippen LogP contribution in [-0.2, 0) is 6.42 Å². The highest BCUT2D eigenvalue weighted by Gasteiger charge is 2.36. The van der Waals surface area contributed by atoms with Crippen LogP contribution in [0.2, 0.25) is 0 Å². The maximum Gasteiger partial charge on any atom is 0.201 e. The monoisotopic (exact) mass is 330 g/mol. The van der Waals surface area contributed by atoms with Crippen molar-refractivity contribution in [3.63, 3.8) is 0 Å². The van der Waals surface area contributed by atoms with Crippen molar-refractivity contribution in [2.45, 2.75) is 19.3 Å². The zero-order valence-corrected chi connectivity index (χ0v) is 14.3. The molecule has 5 heteroatoms. The van der Waals surface area contributed by atoms with E-state index in [-0.39, 0.29) is 17.4 Å². The van der Waals surface area contributed by atoms with Crippen LogP contribution in [0.1, 0.15) is 29.5 Å². The van der Waals surface area contributed by atoms with Crippen molar-refractivity contribution in [1.29, 1.82) is 0 Å². The number of ether oxygens (including phenoxy) is 3. The van der Waals surface area contributed by atoms with Gasteiger partial charge in [-0.05, 0) is 41.7 Å². The Labute approximate surface area is 141 Å². The molecule has 1 aliphatic carbocycles. The smallest absolute Gasteiger partial charge is 0.201 e. The van der Waals surface area contributed by atoms with Crippen molar-refractivity contribution in [2.24, 2.45) is 5.92 Å². The predicted molar refractivity (Wildman–Crippen MR) is 90.6 cm³/mol. The minimum absolute atomic E-state index is 0.0172. The van der Waals surface area contributed by atoms with Gasteiger partial charge in [-0.1, -0.05) is 13.0 Å². The molecule has 0 unspecified atom stereocenters. The van der Waals surface area contributed by atoms with Gasteiger partial charge in [0.25, 0.3) is 0 Å². The topological polar surface area (TPSA) is 68.2 Å². The van der Waals surface area contributed by atoms with Crippen molar-refractivity contribution in [3.05, 3.63) is 41.0 Å². The summed E-state index contributed by atoms with van der Waals surface area (Å²) in [7, 11) is 4.61. The molecule has 0 radical (unpaired) electrons. The molecule has 3 rings (SSSR count). The van der Waals surface area contributed by atoms with E-state index in [0.29, 0.717) is 23.2 Å². The number of phenolic OH excluding ortho intramolecular Hbond substituents is 2. The van der Waals surface area contributed by atoms with E-state index in [1.54, 1.807) is 13.2 Å². The quantitative estimate of drug-likeness (QED) is 0.899. The van der Waals surface area contributed by atoms with Gasteiger partial charge in [0.2, 0.25) is 5.75 Å². The molecule has 24 heavy (non-hydrogen) atoms. The fourth-order valence-corrected chi connectivity index (χ4v) is 3.69. The van der Waals surface area contributed by atoms with Gasteiger partial charge < -0.3 is 24.4 Å². The largest absolute Gasteiger partial charge is 0.504 e. The highest BCUT2D eigenvalue weighted by molar-refractivity contribution is 5.63. The molecule has 0 saturated carbocycles. The molecule has 128 valence electrons. The van der Waals surface area contributed by atoms with E-state index in [1.807, 2.05) is 18.2 Å². The number of hydrogen-bond donors (Lipinski definition) is 2. The van der Waals surface area contributed by atoms with Crippen LogP contribution in [0.4, 0.5) is 0 Å². The molecular formula is C19H22O5. The molecule has 0 fully saturated rings. The second-order valence-corrected chi connectivity index (χ2v) is 6.12. The molecule has 2 aromatic carbocycles. The average molecular weight is 330 g/mol. The third-order valence-electron chi connectivity index (χ3n) is 4.75. The zero-order chi connectivity index (χ0) is 17.4. The number of fused-ring (bicyclic) bond motifs is 1. The minimum atomic E-state index is 0.0172. The maximum atomic E-state index is 10.4. The fourth-order valence-electron chi connectivity index (χ4n) is 3.69. The first-order valence-electron chi connectivity index (χ1n) is 7.85. The molecule has 1 aliphatic rings. The van der Waals surface area contributed by atoms with Crippen LogP contribution in [0.5, 0.6) is 28.7 Å². The van der Waals surface area contributed by atoms with Crippen molar-refractivity contribution >= 4 is 0 Å². The summed E-state index contributed by atoms with van der Waals surface area (Å²) in [6.45, 7) is 2.16. The van der Waals surface area contributed by atoms with E-state index < -0.39 is 0 Å². The lowest BCUT2D eigenvalue weighted by Gasteiger charge is -2.21. The zero-order valence-electron chi connectivity index (χ0n) is 14.3. The van der Waals surface area contributed by atoms with E-state index in [0.717, 1.165) is 23.1 Å². The number of aromatic hydroxyl groups is 2. The van der Waals surface area contributed by atoms with Gasteiger partial charge in [-0.3, -0.25) is 0 Å². The third kappa shape index (κ3) is 2.40. The van der Waals surface area contributed by atoms with Gasteiger partial charge in [-0.15, -0.1) is 0 Å². The standard InChI is InChI=1S/C19H22O5/c1-10-7-12-9-15(23-3)18(21)19(24-4)17(12)16(10)11-5-6-13(20)14(8-11)22-2/h5-6,8-10,16,20-21H,7H2,1-4H3/t10-,16+/m0/s1. The van der Waals surface area contributed by atoms with Gasteiger partial charge in [-0.2, -0.15) is 0 Å². The summed E-state index contributed by atoms with van der Waals surface area (Å²) in [5, 5.41) is 20.3. The molecule has 0 heterocycles. The van der Waals surface area contributed by atoms with Crippen LogP contribution < -0.4 is 14.2 Å². The minimum Gasteiger partial charge on any atom is -0.504 e. The lowest BCUT2D eigenvalue weighted by Crippen LogP contribution is -2.07. The highest BCUT2D eigenvalue weighted by Crippen LogP contribution is 2.53. The molecule has 2 atom stereocenters. The van der Waals surface area contributed by atoms with Crippen molar-refractivity contribution in [3.8, 4) is 28.7 Å². The lowest BCUT2D eigenvalue weighted by atomic mass is 9.86. The van der Waals surface area contributed by atoms with Crippen LogP contribution in [0, 0.1) is 5.92 Å². The Hall–Kier alpha value is -2.56. The molecule has 2 N–H and O–H groups in total. The molecule has 0 saturated heterocycles. The summed E-state index contributed by atoms with van der Waals surface area (Å²) in [6.07, 6.45) is 0.857. The Bertz CT molecular complexity index is 769. The van der Waals surface area contributed by atoms with Crippen LogP contribution in [-0.4, -0.2) is 31.5 Å². The Morgan fingerprint density at radius 2 is 1.67 bits per heavy atom. The summed E-state index contributed by atoms with van der Waals surface area (Å²) in [5.41, 5.74) is 3.08. The number of hydrogen-bond acceptors (Lipinski definition) is 5. The van der Waals surface area contributed by atoms with Crippen LogP contribution in [0.25, 0.3) is 0 Å². The molecule has 2 aromatic rings. The van der Waals surface area contributed by atoms with E-state index in [2.05, 4.69) is 6.92 Å². The molecule has 0 spiro atoms. The van der Waals surface area contributed by atoms with Gasteiger partial charge in [-0.25, -0.2) is 0 Å². The molecule has 0 amide bonds. The first-order valence-corrected chi connectivity index (χ1v) is 7.85. The van der Waals surface area contributed by atoms with Gasteiger partial charge in [0.1, 0.15) is 0 Å². The number of rotatable bonds is 4. The van der Waals surface area contributed by atoms with Gasteiger partial charge in [0, 0.05) is 11.5 Å². The molecular weight excluding hydrogens is 308 g/mol. The Kier molecular flexibility index (Phi) is 4.18. The normalized spacial score (nSPS) is 19.0. The summed E-state index contributed by atoms with van der Waals surface area (Å²) >= 11 is 0. The highest BCUT2D eigenvalue weighted by atomic mass is 16.5. The van der Waals surface area contributed by atoms with Crippen molar-refractivity contribution < 1.29 is 24.4 Å². The SMILES string of the molecule is COc1cc([C@@H]2c3c(cc(OC)c(O)c3OC)C[C@@H]2C)ccc1O. The maximum absolute atomic E-state index is 10.4. The summed E-state index contributed by atoms with van der Waals surface area (Å²) < 4.78 is 16.0. The van der Waals surface area contributed by atoms with Crippen LogP contribution >= 0.6 is 0 Å². The number of benzene rings is 2. The van der Waals surface area contributed by atoms with Crippen LogP contribution in [0.3, 0.4) is 0 Å². The number of phenols is 2. The molecule has 0 aromatic heterocycles. The second kappa shape index (κ2) is 6.15. The molecule has 0 bridgehead atoms. The Morgan fingerprint density at radius 1 is 0.958 bits per heavy atom.